The van der Waals surface area contributed by atoms with Crippen molar-refractivity contribution >= 4 is 5.91 Å². The van der Waals surface area contributed by atoms with Crippen molar-refractivity contribution in [3.63, 3.8) is 0 Å². The summed E-state index contributed by atoms with van der Waals surface area (Å²) in [6.07, 6.45) is -3.92. The molecule has 7 N–H and O–H groups in total. The Morgan fingerprint density at radius 2 is 1.91 bits per heavy atom. The van der Waals surface area contributed by atoms with Gasteiger partial charge in [0.15, 0.2) is 6.29 Å². The molecule has 1 amide bonds. The number of rotatable bonds is 9. The van der Waals surface area contributed by atoms with Crippen molar-refractivity contribution < 1.29 is 34.7 Å². The second-order valence-corrected chi connectivity index (χ2v) is 5.18. The Bertz CT molecular complexity index is 332. The van der Waals surface area contributed by atoms with E-state index in [9.17, 15) is 20.1 Å². The minimum atomic E-state index is -1.49. The Hall–Kier alpha value is -0.810. The smallest absolute Gasteiger partial charge is 0.220 e. The molecule has 1 fully saturated rings. The molecule has 1 aliphatic rings. The molecule has 22 heavy (non-hydrogen) atoms. The summed E-state index contributed by atoms with van der Waals surface area (Å²) in [7, 11) is 0. The van der Waals surface area contributed by atoms with Gasteiger partial charge >= 0.3 is 0 Å². The highest BCUT2D eigenvalue weighted by Crippen LogP contribution is 2.19. The average Bonchev–Trinajstić information content (AvgIpc) is 2.50. The molecule has 0 spiro atoms. The number of aliphatic hydroxyl groups is 4. The number of unbranched alkanes of at least 4 members (excludes halogenated alkanes) is 1. The fraction of sp³-hybridized carbons (Fsp3) is 0.923. The third kappa shape index (κ3) is 5.76. The molecule has 0 aromatic heterocycles. The number of amides is 1. The minimum absolute atomic E-state index is 0.196. The van der Waals surface area contributed by atoms with Crippen molar-refractivity contribution in [3.05, 3.63) is 0 Å². The first-order valence-corrected chi connectivity index (χ1v) is 7.39. The van der Waals surface area contributed by atoms with Crippen LogP contribution in [0.15, 0.2) is 0 Å². The quantitative estimate of drug-likeness (QED) is 0.246. The van der Waals surface area contributed by atoms with Gasteiger partial charge in [-0.3, -0.25) is 4.79 Å². The molecule has 0 radical (unpaired) electrons. The molecule has 1 saturated heterocycles. The van der Waals surface area contributed by atoms with Crippen LogP contribution < -0.4 is 11.1 Å². The van der Waals surface area contributed by atoms with Gasteiger partial charge in [0.1, 0.15) is 24.4 Å². The van der Waals surface area contributed by atoms with E-state index in [-0.39, 0.29) is 12.3 Å². The highest BCUT2D eigenvalue weighted by atomic mass is 16.6. The molecule has 5 atom stereocenters. The average molecular weight is 322 g/mol. The Morgan fingerprint density at radius 3 is 2.55 bits per heavy atom. The van der Waals surface area contributed by atoms with Gasteiger partial charge in [-0.15, -0.1) is 0 Å². The van der Waals surface area contributed by atoms with E-state index in [1.165, 1.54) is 0 Å². The molecular formula is C13H26N2O7. The lowest BCUT2D eigenvalue weighted by Gasteiger charge is -2.40. The van der Waals surface area contributed by atoms with Crippen molar-refractivity contribution in [2.75, 3.05) is 26.4 Å². The highest BCUT2D eigenvalue weighted by molar-refractivity contribution is 5.76. The first kappa shape index (κ1) is 19.2. The van der Waals surface area contributed by atoms with E-state index in [2.05, 4.69) is 5.32 Å². The fourth-order valence-electron chi connectivity index (χ4n) is 2.19. The van der Waals surface area contributed by atoms with Crippen LogP contribution in [0, 0.1) is 0 Å². The molecule has 0 aliphatic carbocycles. The van der Waals surface area contributed by atoms with Gasteiger partial charge in [0.05, 0.1) is 13.2 Å². The van der Waals surface area contributed by atoms with Crippen LogP contribution in [0.3, 0.4) is 0 Å². The molecule has 9 nitrogen and oxygen atoms in total. The van der Waals surface area contributed by atoms with Crippen LogP contribution >= 0.6 is 0 Å². The molecule has 0 bridgehead atoms. The molecule has 1 aliphatic heterocycles. The van der Waals surface area contributed by atoms with Crippen LogP contribution in [0.2, 0.25) is 0 Å². The number of ether oxygens (including phenoxy) is 2. The predicted octanol–water partition coefficient (Wildman–Crippen LogP) is -2.95. The van der Waals surface area contributed by atoms with Gasteiger partial charge in [0.2, 0.25) is 5.91 Å². The first-order chi connectivity index (χ1) is 10.5. The zero-order chi connectivity index (χ0) is 16.5. The van der Waals surface area contributed by atoms with Crippen LogP contribution in [-0.2, 0) is 14.3 Å². The van der Waals surface area contributed by atoms with Gasteiger partial charge in [-0.2, -0.15) is 0 Å². The number of nitrogens with one attached hydrogen (secondary N) is 1. The normalized spacial score (nSPS) is 32.0. The van der Waals surface area contributed by atoms with Crippen LogP contribution in [0.5, 0.6) is 0 Å². The third-order valence-corrected chi connectivity index (χ3v) is 3.43. The SMILES string of the molecule is NCCOCCCCC(=O)NC1[C@H](O)OC(CO)[C@@H](O)[C@@H]1O. The lowest BCUT2D eigenvalue weighted by Crippen LogP contribution is -2.64. The van der Waals surface area contributed by atoms with Crippen LogP contribution in [-0.4, -0.2) is 83.3 Å². The molecule has 9 heteroatoms. The Balaban J connectivity index is 2.31. The molecule has 0 saturated carbocycles. The number of carbonyl (C=O) groups excluding carboxylic acids is 1. The monoisotopic (exact) mass is 322 g/mol. The number of aliphatic hydroxyl groups excluding tert-OH is 4. The Labute approximate surface area is 129 Å². The molecule has 130 valence electrons. The highest BCUT2D eigenvalue weighted by Gasteiger charge is 2.44. The van der Waals surface area contributed by atoms with Crippen molar-refractivity contribution in [2.45, 2.75) is 49.9 Å². The summed E-state index contributed by atoms with van der Waals surface area (Å²) in [6.45, 7) is 0.904. The zero-order valence-corrected chi connectivity index (χ0v) is 12.4. The maximum Gasteiger partial charge on any atom is 0.220 e. The van der Waals surface area contributed by atoms with Crippen molar-refractivity contribution in [3.8, 4) is 0 Å². The number of carbonyl (C=O) groups is 1. The van der Waals surface area contributed by atoms with Crippen molar-refractivity contribution in [1.29, 1.82) is 0 Å². The topological polar surface area (TPSA) is 154 Å². The lowest BCUT2D eigenvalue weighted by molar-refractivity contribution is -0.253. The van der Waals surface area contributed by atoms with Gasteiger partial charge in [0.25, 0.3) is 0 Å². The Morgan fingerprint density at radius 1 is 1.18 bits per heavy atom. The van der Waals surface area contributed by atoms with Crippen LogP contribution in [0.25, 0.3) is 0 Å². The largest absolute Gasteiger partial charge is 0.394 e. The van der Waals surface area contributed by atoms with E-state index in [1.807, 2.05) is 0 Å². The molecule has 1 rings (SSSR count). The summed E-state index contributed by atoms with van der Waals surface area (Å²) >= 11 is 0. The molecule has 2 unspecified atom stereocenters. The van der Waals surface area contributed by atoms with Gasteiger partial charge in [-0.05, 0) is 12.8 Å². The summed E-state index contributed by atoms with van der Waals surface area (Å²) in [5, 5.41) is 40.7. The van der Waals surface area contributed by atoms with Gasteiger partial charge < -0.3 is 41.0 Å². The van der Waals surface area contributed by atoms with Crippen LogP contribution in [0.4, 0.5) is 0 Å². The Kier molecular flexibility index (Phi) is 8.79. The summed E-state index contributed by atoms with van der Waals surface area (Å²) in [6, 6.07) is -1.14. The summed E-state index contributed by atoms with van der Waals surface area (Å²) < 4.78 is 10.1. The summed E-state index contributed by atoms with van der Waals surface area (Å²) in [4.78, 5) is 11.8. The molecule has 0 aromatic rings. The van der Waals surface area contributed by atoms with Gasteiger partial charge in [0, 0.05) is 19.6 Å². The van der Waals surface area contributed by atoms with Gasteiger partial charge in [-0.25, -0.2) is 0 Å². The zero-order valence-electron chi connectivity index (χ0n) is 12.4. The molecular weight excluding hydrogens is 296 g/mol. The van der Waals surface area contributed by atoms with Crippen molar-refractivity contribution in [1.82, 2.24) is 5.32 Å². The summed E-state index contributed by atoms with van der Waals surface area (Å²) in [5.74, 6) is -0.375. The molecule has 0 aromatic carbocycles. The fourth-order valence-corrected chi connectivity index (χ4v) is 2.19. The number of hydrogen-bond donors (Lipinski definition) is 6. The molecule has 1 heterocycles. The summed E-state index contributed by atoms with van der Waals surface area (Å²) in [5.41, 5.74) is 5.27. The van der Waals surface area contributed by atoms with E-state index < -0.39 is 37.3 Å². The maximum absolute atomic E-state index is 11.8. The van der Waals surface area contributed by atoms with Crippen LogP contribution in [0.1, 0.15) is 19.3 Å². The second kappa shape index (κ2) is 10.1. The van der Waals surface area contributed by atoms with E-state index >= 15 is 0 Å². The van der Waals surface area contributed by atoms with E-state index in [0.29, 0.717) is 32.6 Å². The maximum atomic E-state index is 11.8. The first-order valence-electron chi connectivity index (χ1n) is 7.39. The van der Waals surface area contributed by atoms with E-state index in [4.69, 9.17) is 20.3 Å². The van der Waals surface area contributed by atoms with E-state index in [1.54, 1.807) is 0 Å². The number of hydrogen-bond acceptors (Lipinski definition) is 8. The standard InChI is InChI=1S/C13H26N2O7/c14-4-6-21-5-2-1-3-9(17)15-10-12(19)11(18)8(7-16)22-13(10)20/h8,10-13,16,18-20H,1-7,14H2,(H,15,17)/t8?,10?,11-,12-,13-/m1/s1. The second-order valence-electron chi connectivity index (χ2n) is 5.18. The van der Waals surface area contributed by atoms with E-state index in [0.717, 1.165) is 0 Å². The lowest BCUT2D eigenvalue weighted by atomic mass is 9.97. The van der Waals surface area contributed by atoms with Crippen molar-refractivity contribution in [2.24, 2.45) is 5.73 Å². The van der Waals surface area contributed by atoms with Gasteiger partial charge in [-0.1, -0.05) is 0 Å². The number of nitrogens with two attached hydrogens (primary N) is 1. The predicted molar refractivity (Wildman–Crippen MR) is 75.6 cm³/mol. The third-order valence-electron chi connectivity index (χ3n) is 3.43. The minimum Gasteiger partial charge on any atom is -0.394 e.